The minimum atomic E-state index is -0.546. The van der Waals surface area contributed by atoms with E-state index < -0.39 is 17.9 Å². The molecule has 0 aromatic heterocycles. The van der Waals surface area contributed by atoms with Gasteiger partial charge < -0.3 is 15.0 Å². The molecule has 0 spiro atoms. The van der Waals surface area contributed by atoms with Crippen LogP contribution in [0.1, 0.15) is 30.0 Å². The molecule has 2 unspecified atom stereocenters. The number of halogens is 1. The molecule has 1 fully saturated rings. The van der Waals surface area contributed by atoms with Crippen molar-refractivity contribution < 1.29 is 19.1 Å². The second-order valence-electron chi connectivity index (χ2n) is 7.37. The van der Waals surface area contributed by atoms with Crippen molar-refractivity contribution in [3.8, 4) is 0 Å². The number of likely N-dealkylation sites (tertiary alicyclic amines) is 1. The lowest BCUT2D eigenvalue weighted by molar-refractivity contribution is -0.141. The van der Waals surface area contributed by atoms with E-state index in [-0.39, 0.29) is 24.7 Å². The van der Waals surface area contributed by atoms with Crippen LogP contribution in [-0.4, -0.2) is 42.9 Å². The molecular weight excluding hydrogens is 404 g/mol. The maximum Gasteiger partial charge on any atom is 0.307 e. The Kier molecular flexibility index (Phi) is 7.46. The van der Waals surface area contributed by atoms with Crippen LogP contribution in [0, 0.1) is 5.92 Å². The van der Waals surface area contributed by atoms with Crippen LogP contribution in [0.4, 0.5) is 0 Å². The highest BCUT2D eigenvalue weighted by Gasteiger charge is 2.35. The molecule has 2 atom stereocenters. The lowest BCUT2D eigenvalue weighted by Gasteiger charge is -2.21. The smallest absolute Gasteiger partial charge is 0.307 e. The third-order valence-corrected chi connectivity index (χ3v) is 5.54. The number of nitrogens with zero attached hydrogens (tertiary/aromatic N) is 1. The number of carbonyl (C=O) groups is 3. The molecule has 0 bridgehead atoms. The Labute approximate surface area is 181 Å². The van der Waals surface area contributed by atoms with Crippen LogP contribution in [-0.2, 0) is 25.5 Å². The quantitative estimate of drug-likeness (QED) is 0.655. The van der Waals surface area contributed by atoms with Gasteiger partial charge in [0.05, 0.1) is 25.5 Å². The van der Waals surface area contributed by atoms with E-state index in [0.717, 1.165) is 17.5 Å². The predicted octanol–water partition coefficient (Wildman–Crippen LogP) is 3.15. The van der Waals surface area contributed by atoms with E-state index in [2.05, 4.69) is 5.32 Å². The first kappa shape index (κ1) is 21.8. The number of amides is 2. The highest BCUT2D eigenvalue weighted by Crippen LogP contribution is 2.23. The number of nitrogens with one attached hydrogen (secondary N) is 1. The van der Waals surface area contributed by atoms with Gasteiger partial charge in [0.15, 0.2) is 0 Å². The van der Waals surface area contributed by atoms with Gasteiger partial charge in [-0.05, 0) is 29.7 Å². The molecule has 30 heavy (non-hydrogen) atoms. The van der Waals surface area contributed by atoms with Gasteiger partial charge in [0.25, 0.3) is 0 Å². The van der Waals surface area contributed by atoms with E-state index in [1.54, 1.807) is 29.2 Å². The number of ether oxygens (including phenoxy) is 1. The zero-order chi connectivity index (χ0) is 21.5. The molecule has 1 aliphatic rings. The maximum absolute atomic E-state index is 12.9. The lowest BCUT2D eigenvalue weighted by atomic mass is 10.0. The van der Waals surface area contributed by atoms with Crippen LogP contribution < -0.4 is 5.32 Å². The van der Waals surface area contributed by atoms with E-state index in [9.17, 15) is 14.4 Å². The molecule has 3 rings (SSSR count). The van der Waals surface area contributed by atoms with Crippen LogP contribution in [0.2, 0.25) is 5.02 Å². The van der Waals surface area contributed by atoms with Gasteiger partial charge in [0, 0.05) is 24.5 Å². The second-order valence-corrected chi connectivity index (χ2v) is 7.81. The van der Waals surface area contributed by atoms with Gasteiger partial charge in [-0.1, -0.05) is 54.1 Å². The molecule has 2 aromatic carbocycles. The van der Waals surface area contributed by atoms with Crippen molar-refractivity contribution in [3.05, 3.63) is 70.7 Å². The van der Waals surface area contributed by atoms with Gasteiger partial charge >= 0.3 is 5.97 Å². The monoisotopic (exact) mass is 428 g/mol. The fourth-order valence-corrected chi connectivity index (χ4v) is 3.69. The molecule has 1 saturated heterocycles. The minimum absolute atomic E-state index is 0.00224. The first-order valence-corrected chi connectivity index (χ1v) is 10.3. The van der Waals surface area contributed by atoms with Crippen molar-refractivity contribution >= 4 is 29.4 Å². The number of carbonyl (C=O) groups excluding carboxylic acids is 3. The average molecular weight is 429 g/mol. The van der Waals surface area contributed by atoms with Crippen LogP contribution in [0.15, 0.2) is 54.6 Å². The third kappa shape index (κ3) is 5.83. The fraction of sp³-hybridized carbons (Fsp3) is 0.348. The van der Waals surface area contributed by atoms with E-state index in [1.807, 2.05) is 30.3 Å². The molecule has 7 heteroatoms. The van der Waals surface area contributed by atoms with E-state index >= 15 is 0 Å². The van der Waals surface area contributed by atoms with E-state index in [4.69, 9.17) is 16.3 Å². The Morgan fingerprint density at radius 3 is 2.53 bits per heavy atom. The topological polar surface area (TPSA) is 75.7 Å². The first-order valence-electron chi connectivity index (χ1n) is 9.90. The summed E-state index contributed by atoms with van der Waals surface area (Å²) in [6.07, 6.45) is 0.922. The summed E-state index contributed by atoms with van der Waals surface area (Å²) in [5.41, 5.74) is 1.91. The molecule has 1 N–H and O–H groups in total. The van der Waals surface area contributed by atoms with Gasteiger partial charge in [0.1, 0.15) is 0 Å². The van der Waals surface area contributed by atoms with Gasteiger partial charge in [-0.25, -0.2) is 0 Å². The van der Waals surface area contributed by atoms with Crippen LogP contribution in [0.3, 0.4) is 0 Å². The number of hydrogen-bond donors (Lipinski definition) is 1. The second kappa shape index (κ2) is 10.3. The van der Waals surface area contributed by atoms with E-state index in [0.29, 0.717) is 18.1 Å². The van der Waals surface area contributed by atoms with Crippen molar-refractivity contribution in [2.45, 2.75) is 25.3 Å². The Morgan fingerprint density at radius 1 is 1.17 bits per heavy atom. The summed E-state index contributed by atoms with van der Waals surface area (Å²) >= 11 is 5.94. The number of benzene rings is 2. The summed E-state index contributed by atoms with van der Waals surface area (Å²) in [4.78, 5) is 38.8. The normalized spacial score (nSPS) is 16.9. The van der Waals surface area contributed by atoms with Gasteiger partial charge in [-0.2, -0.15) is 0 Å². The van der Waals surface area contributed by atoms with Crippen LogP contribution >= 0.6 is 11.6 Å². The molecule has 1 heterocycles. The van der Waals surface area contributed by atoms with Gasteiger partial charge in [-0.3, -0.25) is 14.4 Å². The molecule has 158 valence electrons. The van der Waals surface area contributed by atoms with Crippen molar-refractivity contribution in [1.29, 1.82) is 0 Å². The molecule has 0 aliphatic carbocycles. The fourth-order valence-electron chi connectivity index (χ4n) is 3.56. The summed E-state index contributed by atoms with van der Waals surface area (Å²) in [5.74, 6) is -1.14. The van der Waals surface area contributed by atoms with Gasteiger partial charge in [0.2, 0.25) is 11.8 Å². The third-order valence-electron chi connectivity index (χ3n) is 5.29. The SMILES string of the molecule is COC(=O)CC(NC(=O)C1CC(=O)N(CCc2ccccc2)C1)c1ccc(Cl)cc1. The number of rotatable bonds is 8. The number of hydrogen-bond acceptors (Lipinski definition) is 4. The summed E-state index contributed by atoms with van der Waals surface area (Å²) in [5, 5.41) is 3.48. The Hall–Kier alpha value is -2.86. The van der Waals surface area contributed by atoms with E-state index in [1.165, 1.54) is 7.11 Å². The molecule has 0 saturated carbocycles. The summed E-state index contributed by atoms with van der Waals surface area (Å²) in [7, 11) is 1.31. The van der Waals surface area contributed by atoms with Crippen molar-refractivity contribution in [3.63, 3.8) is 0 Å². The lowest BCUT2D eigenvalue weighted by Crippen LogP contribution is -2.36. The predicted molar refractivity (Wildman–Crippen MR) is 114 cm³/mol. The average Bonchev–Trinajstić information content (AvgIpc) is 3.13. The Bertz CT molecular complexity index is 886. The molecule has 2 aromatic rings. The first-order chi connectivity index (χ1) is 14.5. The van der Waals surface area contributed by atoms with Crippen LogP contribution in [0.5, 0.6) is 0 Å². The summed E-state index contributed by atoms with van der Waals surface area (Å²) in [6.45, 7) is 0.957. The molecule has 0 radical (unpaired) electrons. The van der Waals surface area contributed by atoms with Crippen LogP contribution in [0.25, 0.3) is 0 Å². The standard InChI is InChI=1S/C23H25ClN2O4/c1-30-22(28)14-20(17-7-9-19(24)10-8-17)25-23(29)18-13-21(27)26(15-18)12-11-16-5-3-2-4-6-16/h2-10,18,20H,11-15H2,1H3,(H,25,29). The maximum atomic E-state index is 12.9. The minimum Gasteiger partial charge on any atom is -0.469 e. The van der Waals surface area contributed by atoms with Crippen molar-refractivity contribution in [2.24, 2.45) is 5.92 Å². The summed E-state index contributed by atoms with van der Waals surface area (Å²) < 4.78 is 4.76. The Balaban J connectivity index is 1.61. The molecular formula is C23H25ClN2O4. The summed E-state index contributed by atoms with van der Waals surface area (Å²) in [6, 6.07) is 16.3. The number of methoxy groups -OCH3 is 1. The van der Waals surface area contributed by atoms with Crippen molar-refractivity contribution in [1.82, 2.24) is 10.2 Å². The largest absolute Gasteiger partial charge is 0.469 e. The highest BCUT2D eigenvalue weighted by atomic mass is 35.5. The Morgan fingerprint density at radius 2 is 1.87 bits per heavy atom. The molecule has 1 aliphatic heterocycles. The zero-order valence-electron chi connectivity index (χ0n) is 16.8. The molecule has 2 amide bonds. The van der Waals surface area contributed by atoms with Gasteiger partial charge in [-0.15, -0.1) is 0 Å². The van der Waals surface area contributed by atoms with Crippen molar-refractivity contribution in [2.75, 3.05) is 20.2 Å². The number of esters is 1. The highest BCUT2D eigenvalue weighted by molar-refractivity contribution is 6.30. The molecule has 6 nitrogen and oxygen atoms in total. The zero-order valence-corrected chi connectivity index (χ0v) is 17.6.